The van der Waals surface area contributed by atoms with E-state index in [-0.39, 0.29) is 6.42 Å². The van der Waals surface area contributed by atoms with Gasteiger partial charge in [-0.2, -0.15) is 5.10 Å². The molecule has 2 atom stereocenters. The van der Waals surface area contributed by atoms with Crippen LogP contribution < -0.4 is 0 Å². The van der Waals surface area contributed by atoms with Crippen molar-refractivity contribution in [3.05, 3.63) is 47.5 Å². The molecule has 6 heteroatoms. The molecule has 0 aliphatic heterocycles. The van der Waals surface area contributed by atoms with E-state index in [1.54, 1.807) is 11.0 Å². The number of halogens is 2. The third kappa shape index (κ3) is 5.81. The first-order chi connectivity index (χ1) is 10.1. The van der Waals surface area contributed by atoms with Crippen LogP contribution in [0.3, 0.4) is 0 Å². The topological polar surface area (TPSA) is 50.9 Å². The molecule has 0 bridgehead atoms. The van der Waals surface area contributed by atoms with Crippen molar-refractivity contribution in [3.63, 3.8) is 0 Å². The third-order valence-electron chi connectivity index (χ3n) is 3.35. The summed E-state index contributed by atoms with van der Waals surface area (Å²) in [6.07, 6.45) is 3.07. The molecule has 21 heavy (non-hydrogen) atoms. The Bertz CT molecular complexity index is 518. The lowest BCUT2D eigenvalue weighted by Gasteiger charge is -2.14. The predicted octanol–water partition coefficient (Wildman–Crippen LogP) is 3.04. The van der Waals surface area contributed by atoms with Crippen LogP contribution in [0.2, 0.25) is 5.02 Å². The standard InChI is InChI=1S/C15H19ClFN3O/c16-13-4-1-12(2-5-13)3-6-15(21)9-14(17)7-8-20-11-18-10-19-20/h1-2,4-5,10-11,14-15,21H,3,6-9H2. The molecule has 4 nitrogen and oxygen atoms in total. The molecular weight excluding hydrogens is 293 g/mol. The molecule has 2 rings (SSSR count). The quantitative estimate of drug-likeness (QED) is 0.815. The van der Waals surface area contributed by atoms with Crippen molar-refractivity contribution < 1.29 is 9.50 Å². The van der Waals surface area contributed by atoms with Gasteiger partial charge in [0.25, 0.3) is 0 Å². The number of hydrogen-bond acceptors (Lipinski definition) is 3. The van der Waals surface area contributed by atoms with Gasteiger partial charge in [0.2, 0.25) is 0 Å². The summed E-state index contributed by atoms with van der Waals surface area (Å²) in [4.78, 5) is 3.80. The molecule has 0 saturated carbocycles. The number of aliphatic hydroxyl groups excluding tert-OH is 1. The maximum absolute atomic E-state index is 13.8. The van der Waals surface area contributed by atoms with Gasteiger partial charge in [0.1, 0.15) is 18.8 Å². The molecule has 1 heterocycles. The van der Waals surface area contributed by atoms with E-state index < -0.39 is 12.3 Å². The zero-order chi connectivity index (χ0) is 15.1. The van der Waals surface area contributed by atoms with Crippen LogP contribution >= 0.6 is 11.6 Å². The van der Waals surface area contributed by atoms with Crippen LogP contribution in [-0.4, -0.2) is 32.1 Å². The van der Waals surface area contributed by atoms with Crippen LogP contribution in [0.5, 0.6) is 0 Å². The van der Waals surface area contributed by atoms with Gasteiger partial charge in [0.05, 0.1) is 6.10 Å². The number of alkyl halides is 1. The maximum Gasteiger partial charge on any atom is 0.137 e. The van der Waals surface area contributed by atoms with Crippen LogP contribution in [0.4, 0.5) is 4.39 Å². The summed E-state index contributed by atoms with van der Waals surface area (Å²) in [7, 11) is 0. The largest absolute Gasteiger partial charge is 0.393 e. The van der Waals surface area contributed by atoms with Crippen LogP contribution in [0.1, 0.15) is 24.8 Å². The van der Waals surface area contributed by atoms with E-state index >= 15 is 0 Å². The summed E-state index contributed by atoms with van der Waals surface area (Å²) < 4.78 is 15.4. The average molecular weight is 312 g/mol. The van der Waals surface area contributed by atoms with Gasteiger partial charge >= 0.3 is 0 Å². The Morgan fingerprint density at radius 3 is 2.67 bits per heavy atom. The van der Waals surface area contributed by atoms with Gasteiger partial charge in [-0.3, -0.25) is 4.68 Å². The Kier molecular flexibility index (Phi) is 6.14. The van der Waals surface area contributed by atoms with Crippen molar-refractivity contribution >= 4 is 11.6 Å². The molecule has 1 N–H and O–H groups in total. The zero-order valence-electron chi connectivity index (χ0n) is 11.7. The van der Waals surface area contributed by atoms with Crippen molar-refractivity contribution in [3.8, 4) is 0 Å². The van der Waals surface area contributed by atoms with E-state index in [2.05, 4.69) is 10.1 Å². The van der Waals surface area contributed by atoms with E-state index in [0.29, 0.717) is 30.8 Å². The summed E-state index contributed by atoms with van der Waals surface area (Å²) in [6, 6.07) is 7.48. The lowest BCUT2D eigenvalue weighted by molar-refractivity contribution is 0.113. The Labute approximate surface area is 128 Å². The molecular formula is C15H19ClFN3O. The summed E-state index contributed by atoms with van der Waals surface area (Å²) in [6.45, 7) is 0.477. The van der Waals surface area contributed by atoms with Crippen LogP contribution in [0.15, 0.2) is 36.9 Å². The van der Waals surface area contributed by atoms with E-state index in [9.17, 15) is 9.50 Å². The highest BCUT2D eigenvalue weighted by atomic mass is 35.5. The lowest BCUT2D eigenvalue weighted by Crippen LogP contribution is -2.17. The fraction of sp³-hybridized carbons (Fsp3) is 0.467. The predicted molar refractivity (Wildman–Crippen MR) is 79.9 cm³/mol. The highest BCUT2D eigenvalue weighted by molar-refractivity contribution is 6.30. The van der Waals surface area contributed by atoms with Crippen molar-refractivity contribution in [2.75, 3.05) is 0 Å². The van der Waals surface area contributed by atoms with Gasteiger partial charge in [-0.05, 0) is 37.0 Å². The minimum Gasteiger partial charge on any atom is -0.393 e. The van der Waals surface area contributed by atoms with Crippen LogP contribution in [0.25, 0.3) is 0 Å². The van der Waals surface area contributed by atoms with Crippen molar-refractivity contribution in [1.82, 2.24) is 14.8 Å². The average Bonchev–Trinajstić information content (AvgIpc) is 2.98. The second-order valence-corrected chi connectivity index (χ2v) is 5.54. The van der Waals surface area contributed by atoms with Gasteiger partial charge in [-0.1, -0.05) is 23.7 Å². The Morgan fingerprint density at radius 1 is 1.24 bits per heavy atom. The van der Waals surface area contributed by atoms with Crippen molar-refractivity contribution in [2.45, 2.75) is 44.5 Å². The summed E-state index contributed by atoms with van der Waals surface area (Å²) in [5.74, 6) is 0. The highest BCUT2D eigenvalue weighted by Gasteiger charge is 2.14. The SMILES string of the molecule is OC(CCc1ccc(Cl)cc1)CC(F)CCn1cncn1. The van der Waals surface area contributed by atoms with E-state index in [0.717, 1.165) is 5.56 Å². The maximum atomic E-state index is 13.8. The molecule has 2 aromatic rings. The Morgan fingerprint density at radius 2 is 2.00 bits per heavy atom. The Hall–Kier alpha value is -1.46. The number of aromatic nitrogens is 3. The van der Waals surface area contributed by atoms with Crippen LogP contribution in [-0.2, 0) is 13.0 Å². The van der Waals surface area contributed by atoms with Gasteiger partial charge in [0, 0.05) is 18.0 Å². The molecule has 1 aromatic carbocycles. The molecule has 0 fully saturated rings. The first-order valence-electron chi connectivity index (χ1n) is 7.02. The smallest absolute Gasteiger partial charge is 0.137 e. The summed E-state index contributed by atoms with van der Waals surface area (Å²) in [5, 5.41) is 14.5. The molecule has 2 unspecified atom stereocenters. The highest BCUT2D eigenvalue weighted by Crippen LogP contribution is 2.15. The van der Waals surface area contributed by atoms with Crippen molar-refractivity contribution in [1.29, 1.82) is 0 Å². The van der Waals surface area contributed by atoms with Gasteiger partial charge in [-0.25, -0.2) is 9.37 Å². The minimum absolute atomic E-state index is 0.155. The third-order valence-corrected chi connectivity index (χ3v) is 3.60. The minimum atomic E-state index is -1.03. The molecule has 0 aliphatic rings. The molecule has 0 radical (unpaired) electrons. The fourth-order valence-corrected chi connectivity index (χ4v) is 2.26. The monoisotopic (exact) mass is 311 g/mol. The number of nitrogens with zero attached hydrogens (tertiary/aromatic N) is 3. The molecule has 0 saturated heterocycles. The van der Waals surface area contributed by atoms with Gasteiger partial charge in [0.15, 0.2) is 0 Å². The normalized spacial score (nSPS) is 14.0. The van der Waals surface area contributed by atoms with E-state index in [4.69, 9.17) is 11.6 Å². The Balaban J connectivity index is 1.66. The number of aliphatic hydroxyl groups is 1. The molecule has 0 aliphatic carbocycles. The molecule has 1 aromatic heterocycles. The number of hydrogen-bond donors (Lipinski definition) is 1. The summed E-state index contributed by atoms with van der Waals surface area (Å²) >= 11 is 5.81. The summed E-state index contributed by atoms with van der Waals surface area (Å²) in [5.41, 5.74) is 1.09. The van der Waals surface area contributed by atoms with E-state index in [1.807, 2.05) is 24.3 Å². The first-order valence-corrected chi connectivity index (χ1v) is 7.40. The molecule has 0 spiro atoms. The van der Waals surface area contributed by atoms with Gasteiger partial charge < -0.3 is 5.11 Å². The number of aryl methyl sites for hydroxylation is 2. The number of benzene rings is 1. The van der Waals surface area contributed by atoms with E-state index in [1.165, 1.54) is 6.33 Å². The second-order valence-electron chi connectivity index (χ2n) is 5.10. The van der Waals surface area contributed by atoms with Gasteiger partial charge in [-0.15, -0.1) is 0 Å². The fourth-order valence-electron chi connectivity index (χ4n) is 2.14. The second kappa shape index (κ2) is 8.10. The number of rotatable bonds is 8. The molecule has 114 valence electrons. The zero-order valence-corrected chi connectivity index (χ0v) is 12.5. The first kappa shape index (κ1) is 15.9. The van der Waals surface area contributed by atoms with Crippen molar-refractivity contribution in [2.24, 2.45) is 0 Å². The molecule has 0 amide bonds. The lowest BCUT2D eigenvalue weighted by atomic mass is 10.0. The van der Waals surface area contributed by atoms with Crippen LogP contribution in [0, 0.1) is 0 Å².